The van der Waals surface area contributed by atoms with Crippen LogP contribution < -0.4 is 9.80 Å². The van der Waals surface area contributed by atoms with Gasteiger partial charge < -0.3 is 9.80 Å². The van der Waals surface area contributed by atoms with Crippen LogP contribution in [-0.2, 0) is 0 Å². The molecule has 0 heterocycles. The Morgan fingerprint density at radius 1 is 0.229 bits per heavy atom. The summed E-state index contributed by atoms with van der Waals surface area (Å²) in [6.45, 7) is 0. The first-order chi connectivity index (χ1) is 23.8. The van der Waals surface area contributed by atoms with Crippen LogP contribution in [0.2, 0.25) is 0 Å². The van der Waals surface area contributed by atoms with E-state index in [-0.39, 0.29) is 0 Å². The van der Waals surface area contributed by atoms with Crippen molar-refractivity contribution in [1.82, 2.24) is 0 Å². The van der Waals surface area contributed by atoms with E-state index in [0.29, 0.717) is 0 Å². The monoisotopic (exact) mass is 614 g/mol. The molecule has 8 rings (SSSR count). The van der Waals surface area contributed by atoms with E-state index in [1.165, 1.54) is 33.0 Å². The Balaban J connectivity index is 1.32. The fourth-order valence-electron chi connectivity index (χ4n) is 6.58. The van der Waals surface area contributed by atoms with Crippen molar-refractivity contribution < 1.29 is 0 Å². The highest BCUT2D eigenvalue weighted by Gasteiger charge is 2.21. The molecule has 0 fully saturated rings. The van der Waals surface area contributed by atoms with Crippen LogP contribution in [0.4, 0.5) is 34.1 Å². The lowest BCUT2D eigenvalue weighted by molar-refractivity contribution is 1.28. The van der Waals surface area contributed by atoms with Gasteiger partial charge >= 0.3 is 0 Å². The van der Waals surface area contributed by atoms with Gasteiger partial charge in [0.05, 0.1) is 11.4 Å². The molecule has 0 aromatic heterocycles. The van der Waals surface area contributed by atoms with Gasteiger partial charge in [0.2, 0.25) is 0 Å². The lowest BCUT2D eigenvalue weighted by Crippen LogP contribution is -2.13. The molecule has 8 aromatic carbocycles. The summed E-state index contributed by atoms with van der Waals surface area (Å²) < 4.78 is 0. The van der Waals surface area contributed by atoms with Gasteiger partial charge in [-0.3, -0.25) is 0 Å². The zero-order chi connectivity index (χ0) is 32.1. The number of nitrogens with zero attached hydrogens (tertiary/aromatic N) is 2. The molecule has 228 valence electrons. The second kappa shape index (κ2) is 13.2. The fourth-order valence-corrected chi connectivity index (χ4v) is 6.58. The van der Waals surface area contributed by atoms with E-state index in [9.17, 15) is 0 Å². The first-order valence-electron chi connectivity index (χ1n) is 16.4. The van der Waals surface area contributed by atoms with Crippen molar-refractivity contribution in [3.05, 3.63) is 206 Å². The van der Waals surface area contributed by atoms with Crippen LogP contribution in [-0.4, -0.2) is 0 Å². The summed E-state index contributed by atoms with van der Waals surface area (Å²) in [6, 6.07) is 73.5. The Hall–Kier alpha value is -6.38. The quantitative estimate of drug-likeness (QED) is 0.168. The zero-order valence-corrected chi connectivity index (χ0v) is 26.5. The third kappa shape index (κ3) is 5.72. The standard InChI is InChI=1S/C46H34N2/c1-5-17-35(18-6-1)37-21-15-27-41(33-37)47(39-23-9-3-10-24-39)45-31-32-46(44-30-14-13-29-43(44)45)48(40-25-11-4-12-26-40)42-28-16-22-38(34-42)36-19-7-2-8-20-36/h1-34H. The van der Waals surface area contributed by atoms with Gasteiger partial charge in [0.15, 0.2) is 0 Å². The van der Waals surface area contributed by atoms with Crippen molar-refractivity contribution in [3.63, 3.8) is 0 Å². The SMILES string of the molecule is c1ccc(-c2cccc(N(c3ccccc3)c3ccc(N(c4ccccc4)c4cccc(-c5ccccc5)c4)c4ccccc34)c2)cc1. The summed E-state index contributed by atoms with van der Waals surface area (Å²) in [7, 11) is 0. The fraction of sp³-hybridized carbons (Fsp3) is 0. The molecule has 0 radical (unpaired) electrons. The Bertz CT molecular complexity index is 2120. The molecule has 0 saturated heterocycles. The number of hydrogen-bond acceptors (Lipinski definition) is 2. The average molecular weight is 615 g/mol. The summed E-state index contributed by atoms with van der Waals surface area (Å²) >= 11 is 0. The average Bonchev–Trinajstić information content (AvgIpc) is 3.17. The topological polar surface area (TPSA) is 6.48 Å². The van der Waals surface area contributed by atoms with E-state index >= 15 is 0 Å². The molecule has 0 amide bonds. The lowest BCUT2D eigenvalue weighted by Gasteiger charge is -2.31. The van der Waals surface area contributed by atoms with Gasteiger partial charge in [-0.2, -0.15) is 0 Å². The molecular formula is C46H34N2. The van der Waals surface area contributed by atoms with E-state index in [0.717, 1.165) is 34.1 Å². The van der Waals surface area contributed by atoms with Crippen molar-refractivity contribution >= 4 is 44.9 Å². The van der Waals surface area contributed by atoms with Crippen LogP contribution in [0, 0.1) is 0 Å². The molecule has 0 aliphatic carbocycles. The van der Waals surface area contributed by atoms with Gasteiger partial charge in [0.25, 0.3) is 0 Å². The summed E-state index contributed by atoms with van der Waals surface area (Å²) in [5, 5.41) is 2.34. The van der Waals surface area contributed by atoms with Crippen LogP contribution in [0.1, 0.15) is 0 Å². The second-order valence-electron chi connectivity index (χ2n) is 11.8. The maximum atomic E-state index is 2.38. The molecule has 0 atom stereocenters. The van der Waals surface area contributed by atoms with Crippen LogP contribution in [0.3, 0.4) is 0 Å². The molecule has 48 heavy (non-hydrogen) atoms. The molecule has 0 bridgehead atoms. The predicted molar refractivity (Wildman–Crippen MR) is 204 cm³/mol. The summed E-state index contributed by atoms with van der Waals surface area (Å²) in [6.07, 6.45) is 0. The largest absolute Gasteiger partial charge is 0.310 e. The van der Waals surface area contributed by atoms with Gasteiger partial charge in [-0.25, -0.2) is 0 Å². The van der Waals surface area contributed by atoms with E-state index in [1.807, 2.05) is 0 Å². The molecule has 2 heteroatoms. The number of rotatable bonds is 8. The molecule has 0 N–H and O–H groups in total. The molecule has 0 aliphatic rings. The van der Waals surface area contributed by atoms with E-state index in [1.54, 1.807) is 0 Å². The maximum absolute atomic E-state index is 2.38. The van der Waals surface area contributed by atoms with Gasteiger partial charge in [-0.15, -0.1) is 0 Å². The van der Waals surface area contributed by atoms with Gasteiger partial charge in [-0.05, 0) is 82.9 Å². The molecular weight excluding hydrogens is 581 g/mol. The highest BCUT2D eigenvalue weighted by molar-refractivity contribution is 6.07. The van der Waals surface area contributed by atoms with Crippen LogP contribution in [0.15, 0.2) is 206 Å². The number of anilines is 6. The number of benzene rings is 8. The van der Waals surface area contributed by atoms with Crippen molar-refractivity contribution in [3.8, 4) is 22.3 Å². The van der Waals surface area contributed by atoms with Crippen molar-refractivity contribution in [2.24, 2.45) is 0 Å². The first-order valence-corrected chi connectivity index (χ1v) is 16.4. The van der Waals surface area contributed by atoms with Crippen molar-refractivity contribution in [2.75, 3.05) is 9.80 Å². The summed E-state index contributed by atoms with van der Waals surface area (Å²) in [4.78, 5) is 4.75. The maximum Gasteiger partial charge on any atom is 0.0541 e. The molecule has 0 spiro atoms. The number of para-hydroxylation sites is 2. The smallest absolute Gasteiger partial charge is 0.0541 e. The second-order valence-corrected chi connectivity index (χ2v) is 11.8. The van der Waals surface area contributed by atoms with Gasteiger partial charge in [0.1, 0.15) is 0 Å². The zero-order valence-electron chi connectivity index (χ0n) is 26.5. The first kappa shape index (κ1) is 29.1. The minimum absolute atomic E-state index is 1.11. The van der Waals surface area contributed by atoms with Gasteiger partial charge in [0, 0.05) is 33.5 Å². The minimum atomic E-state index is 1.11. The number of hydrogen-bond donors (Lipinski definition) is 0. The molecule has 8 aromatic rings. The molecule has 2 nitrogen and oxygen atoms in total. The van der Waals surface area contributed by atoms with Crippen molar-refractivity contribution in [1.29, 1.82) is 0 Å². The molecule has 0 aliphatic heterocycles. The Morgan fingerprint density at radius 2 is 0.542 bits per heavy atom. The Kier molecular flexibility index (Phi) is 7.96. The van der Waals surface area contributed by atoms with Gasteiger partial charge in [-0.1, -0.05) is 146 Å². The third-order valence-corrected chi connectivity index (χ3v) is 8.81. The summed E-state index contributed by atoms with van der Waals surface area (Å²) in [5.74, 6) is 0. The van der Waals surface area contributed by atoms with E-state index < -0.39 is 0 Å². The van der Waals surface area contributed by atoms with Crippen LogP contribution in [0.5, 0.6) is 0 Å². The highest BCUT2D eigenvalue weighted by Crippen LogP contribution is 2.46. The molecule has 0 saturated carbocycles. The van der Waals surface area contributed by atoms with Crippen molar-refractivity contribution in [2.45, 2.75) is 0 Å². The van der Waals surface area contributed by atoms with Crippen LogP contribution in [0.25, 0.3) is 33.0 Å². The van der Waals surface area contributed by atoms with Crippen LogP contribution >= 0.6 is 0 Å². The lowest BCUT2D eigenvalue weighted by atomic mass is 10.0. The number of fused-ring (bicyclic) bond motifs is 1. The van der Waals surface area contributed by atoms with E-state index in [4.69, 9.17) is 0 Å². The normalized spacial score (nSPS) is 10.9. The Morgan fingerprint density at radius 3 is 0.938 bits per heavy atom. The predicted octanol–water partition coefficient (Wildman–Crippen LogP) is 13.1. The molecule has 0 unspecified atom stereocenters. The minimum Gasteiger partial charge on any atom is -0.310 e. The highest BCUT2D eigenvalue weighted by atomic mass is 15.2. The van der Waals surface area contributed by atoms with E-state index in [2.05, 4.69) is 216 Å². The summed E-state index contributed by atoms with van der Waals surface area (Å²) in [5.41, 5.74) is 11.4. The third-order valence-electron chi connectivity index (χ3n) is 8.81. The Labute approximate surface area is 282 Å².